The van der Waals surface area contributed by atoms with Gasteiger partial charge in [-0.2, -0.15) is 0 Å². The first-order chi connectivity index (χ1) is 6.63. The molecule has 1 heterocycles. The standard InChI is InChI=1S/C12H23NO/c1-3-10(2)8-12(14)6-7-13(9-12)11-4-5-11/h10-11,14H,3-9H2,1-2H3. The third kappa shape index (κ3) is 2.29. The molecule has 0 bridgehead atoms. The molecule has 1 N–H and O–H groups in total. The van der Waals surface area contributed by atoms with Gasteiger partial charge >= 0.3 is 0 Å². The van der Waals surface area contributed by atoms with Crippen molar-refractivity contribution >= 4 is 0 Å². The third-order valence-corrected chi connectivity index (χ3v) is 3.85. The maximum absolute atomic E-state index is 10.4. The summed E-state index contributed by atoms with van der Waals surface area (Å²) in [7, 11) is 0. The summed E-state index contributed by atoms with van der Waals surface area (Å²) in [5.74, 6) is 0.666. The number of nitrogens with zero attached hydrogens (tertiary/aromatic N) is 1. The highest BCUT2D eigenvalue weighted by molar-refractivity contribution is 4.97. The fourth-order valence-electron chi connectivity index (χ4n) is 2.60. The van der Waals surface area contributed by atoms with Gasteiger partial charge in [-0.1, -0.05) is 20.3 Å². The zero-order valence-corrected chi connectivity index (χ0v) is 9.50. The molecule has 2 fully saturated rings. The molecule has 2 unspecified atom stereocenters. The van der Waals surface area contributed by atoms with E-state index in [1.54, 1.807) is 0 Å². The van der Waals surface area contributed by atoms with Gasteiger partial charge in [0.1, 0.15) is 0 Å². The Balaban J connectivity index is 1.84. The normalized spacial score (nSPS) is 36.2. The maximum atomic E-state index is 10.4. The van der Waals surface area contributed by atoms with E-state index in [-0.39, 0.29) is 5.60 Å². The molecule has 1 saturated heterocycles. The van der Waals surface area contributed by atoms with Gasteiger partial charge in [0.25, 0.3) is 0 Å². The first-order valence-corrected chi connectivity index (χ1v) is 6.09. The second-order valence-electron chi connectivity index (χ2n) is 5.39. The summed E-state index contributed by atoms with van der Waals surface area (Å²) in [4.78, 5) is 2.49. The van der Waals surface area contributed by atoms with E-state index in [4.69, 9.17) is 0 Å². The number of aliphatic hydroxyl groups is 1. The first kappa shape index (κ1) is 10.4. The molecule has 0 amide bonds. The van der Waals surface area contributed by atoms with E-state index in [0.29, 0.717) is 5.92 Å². The molecule has 0 spiro atoms. The van der Waals surface area contributed by atoms with Crippen LogP contribution in [-0.4, -0.2) is 34.7 Å². The first-order valence-electron chi connectivity index (χ1n) is 6.09. The molecule has 2 nitrogen and oxygen atoms in total. The van der Waals surface area contributed by atoms with Crippen LogP contribution >= 0.6 is 0 Å². The molecule has 2 atom stereocenters. The quantitative estimate of drug-likeness (QED) is 0.745. The topological polar surface area (TPSA) is 23.5 Å². The lowest BCUT2D eigenvalue weighted by Crippen LogP contribution is -2.35. The molecule has 14 heavy (non-hydrogen) atoms. The number of hydrogen-bond donors (Lipinski definition) is 1. The van der Waals surface area contributed by atoms with E-state index >= 15 is 0 Å². The smallest absolute Gasteiger partial charge is 0.0788 e. The maximum Gasteiger partial charge on any atom is 0.0788 e. The Bertz CT molecular complexity index is 202. The predicted molar refractivity (Wildman–Crippen MR) is 58.2 cm³/mol. The van der Waals surface area contributed by atoms with Gasteiger partial charge in [-0.25, -0.2) is 0 Å². The van der Waals surface area contributed by atoms with Crippen LogP contribution in [0.5, 0.6) is 0 Å². The Morgan fingerprint density at radius 3 is 2.79 bits per heavy atom. The van der Waals surface area contributed by atoms with E-state index in [9.17, 15) is 5.11 Å². The Morgan fingerprint density at radius 2 is 2.21 bits per heavy atom. The zero-order valence-electron chi connectivity index (χ0n) is 9.50. The molecule has 0 aromatic rings. The second-order valence-corrected chi connectivity index (χ2v) is 5.39. The van der Waals surface area contributed by atoms with Crippen molar-refractivity contribution in [2.45, 2.75) is 57.6 Å². The van der Waals surface area contributed by atoms with Crippen LogP contribution in [0.4, 0.5) is 0 Å². The molecule has 82 valence electrons. The average molecular weight is 197 g/mol. The van der Waals surface area contributed by atoms with Crippen LogP contribution in [0.2, 0.25) is 0 Å². The Kier molecular flexibility index (Phi) is 2.85. The average Bonchev–Trinajstić information content (AvgIpc) is 2.91. The van der Waals surface area contributed by atoms with Crippen molar-refractivity contribution in [3.63, 3.8) is 0 Å². The van der Waals surface area contributed by atoms with Crippen molar-refractivity contribution in [3.8, 4) is 0 Å². The van der Waals surface area contributed by atoms with Gasteiger partial charge in [-0.3, -0.25) is 4.90 Å². The number of rotatable bonds is 4. The molecular weight excluding hydrogens is 174 g/mol. The van der Waals surface area contributed by atoms with Crippen LogP contribution in [0.25, 0.3) is 0 Å². The van der Waals surface area contributed by atoms with Gasteiger partial charge in [-0.15, -0.1) is 0 Å². The Labute approximate surface area is 87.3 Å². The number of hydrogen-bond acceptors (Lipinski definition) is 2. The minimum atomic E-state index is -0.363. The zero-order chi connectivity index (χ0) is 10.2. The minimum absolute atomic E-state index is 0.363. The molecule has 1 aliphatic carbocycles. The van der Waals surface area contributed by atoms with Crippen molar-refractivity contribution < 1.29 is 5.11 Å². The van der Waals surface area contributed by atoms with Crippen LogP contribution in [-0.2, 0) is 0 Å². The summed E-state index contributed by atoms with van der Waals surface area (Å²) >= 11 is 0. The van der Waals surface area contributed by atoms with Crippen molar-refractivity contribution in [1.29, 1.82) is 0 Å². The summed E-state index contributed by atoms with van der Waals surface area (Å²) in [6.45, 7) is 6.51. The lowest BCUT2D eigenvalue weighted by molar-refractivity contribution is 0.0254. The van der Waals surface area contributed by atoms with Crippen molar-refractivity contribution in [1.82, 2.24) is 4.90 Å². The van der Waals surface area contributed by atoms with E-state index in [1.165, 1.54) is 19.3 Å². The van der Waals surface area contributed by atoms with Crippen molar-refractivity contribution in [3.05, 3.63) is 0 Å². The summed E-state index contributed by atoms with van der Waals surface area (Å²) in [6, 6.07) is 0.820. The van der Waals surface area contributed by atoms with Gasteiger partial charge in [-0.05, 0) is 31.6 Å². The van der Waals surface area contributed by atoms with Gasteiger partial charge in [0.15, 0.2) is 0 Å². The summed E-state index contributed by atoms with van der Waals surface area (Å²) in [5, 5.41) is 10.4. The van der Waals surface area contributed by atoms with Gasteiger partial charge in [0.05, 0.1) is 5.60 Å². The number of likely N-dealkylation sites (tertiary alicyclic amines) is 1. The highest BCUT2D eigenvalue weighted by Gasteiger charge is 2.42. The van der Waals surface area contributed by atoms with E-state index < -0.39 is 0 Å². The second kappa shape index (κ2) is 3.82. The van der Waals surface area contributed by atoms with Gasteiger partial charge in [0.2, 0.25) is 0 Å². The van der Waals surface area contributed by atoms with E-state index in [1.807, 2.05) is 0 Å². The summed E-state index contributed by atoms with van der Waals surface area (Å²) in [5.41, 5.74) is -0.363. The molecule has 0 radical (unpaired) electrons. The largest absolute Gasteiger partial charge is 0.388 e. The molecular formula is C12H23NO. The molecule has 0 aromatic carbocycles. The molecule has 2 rings (SSSR count). The molecule has 0 aromatic heterocycles. The summed E-state index contributed by atoms with van der Waals surface area (Å²) < 4.78 is 0. The van der Waals surface area contributed by atoms with Crippen LogP contribution in [0, 0.1) is 5.92 Å². The predicted octanol–water partition coefficient (Wildman–Crippen LogP) is 2.02. The van der Waals surface area contributed by atoms with Crippen molar-refractivity contribution in [2.75, 3.05) is 13.1 Å². The van der Waals surface area contributed by atoms with Crippen LogP contribution in [0.3, 0.4) is 0 Å². The third-order valence-electron chi connectivity index (χ3n) is 3.85. The molecule has 1 saturated carbocycles. The Hall–Kier alpha value is -0.0800. The van der Waals surface area contributed by atoms with Gasteiger partial charge in [0, 0.05) is 19.1 Å². The van der Waals surface area contributed by atoms with Crippen molar-refractivity contribution in [2.24, 2.45) is 5.92 Å². The molecule has 2 aliphatic rings. The lowest BCUT2D eigenvalue weighted by atomic mass is 9.89. The minimum Gasteiger partial charge on any atom is -0.388 e. The highest BCUT2D eigenvalue weighted by Crippen LogP contribution is 2.36. The lowest BCUT2D eigenvalue weighted by Gasteiger charge is -2.26. The fraction of sp³-hybridized carbons (Fsp3) is 1.00. The monoisotopic (exact) mass is 197 g/mol. The van der Waals surface area contributed by atoms with E-state index in [0.717, 1.165) is 32.0 Å². The molecule has 1 aliphatic heterocycles. The van der Waals surface area contributed by atoms with Crippen LogP contribution in [0.1, 0.15) is 46.0 Å². The highest BCUT2D eigenvalue weighted by atomic mass is 16.3. The summed E-state index contributed by atoms with van der Waals surface area (Å²) in [6.07, 6.45) is 5.89. The SMILES string of the molecule is CCC(C)CC1(O)CCN(C2CC2)C1. The van der Waals surface area contributed by atoms with Gasteiger partial charge < -0.3 is 5.11 Å². The number of β-amino-alcohol motifs (C(OH)–C–C–N with tert-alkyl or cyclic N) is 1. The molecule has 2 heteroatoms. The fourth-order valence-corrected chi connectivity index (χ4v) is 2.60. The Morgan fingerprint density at radius 1 is 1.50 bits per heavy atom. The van der Waals surface area contributed by atoms with E-state index in [2.05, 4.69) is 18.7 Å². The van der Waals surface area contributed by atoms with Crippen LogP contribution in [0.15, 0.2) is 0 Å². The van der Waals surface area contributed by atoms with Crippen LogP contribution < -0.4 is 0 Å².